The lowest BCUT2D eigenvalue weighted by atomic mass is 10.1. The molecule has 1 fully saturated rings. The predicted molar refractivity (Wildman–Crippen MR) is 87.3 cm³/mol. The van der Waals surface area contributed by atoms with Crippen LogP contribution in [0.4, 0.5) is 0 Å². The molecule has 0 bridgehead atoms. The predicted octanol–water partition coefficient (Wildman–Crippen LogP) is 1.90. The molecular weight excluding hydrogens is 328 g/mol. The van der Waals surface area contributed by atoms with Crippen LogP contribution in [0.3, 0.4) is 0 Å². The summed E-state index contributed by atoms with van der Waals surface area (Å²) in [4.78, 5) is 8.88. The van der Waals surface area contributed by atoms with Crippen LogP contribution in [0, 0.1) is 5.92 Å². The lowest BCUT2D eigenvalue weighted by molar-refractivity contribution is 0.558. The third-order valence-electron chi connectivity index (χ3n) is 4.08. The van der Waals surface area contributed by atoms with Gasteiger partial charge in [0.25, 0.3) is 0 Å². The molecule has 0 aromatic carbocycles. The second-order valence-corrected chi connectivity index (χ2v) is 8.13. The molecule has 3 aromatic heterocycles. The van der Waals surface area contributed by atoms with Gasteiger partial charge in [0, 0.05) is 12.6 Å². The van der Waals surface area contributed by atoms with Gasteiger partial charge in [0.05, 0.1) is 17.8 Å². The van der Waals surface area contributed by atoms with Crippen molar-refractivity contribution in [2.24, 2.45) is 5.92 Å². The van der Waals surface area contributed by atoms with Gasteiger partial charge in [-0.1, -0.05) is 6.07 Å². The van der Waals surface area contributed by atoms with E-state index in [1.807, 2.05) is 18.2 Å². The Hall–Kier alpha value is -2.48. The molecule has 24 heavy (non-hydrogen) atoms. The van der Waals surface area contributed by atoms with E-state index in [0.29, 0.717) is 36.1 Å². The van der Waals surface area contributed by atoms with E-state index in [9.17, 15) is 8.42 Å². The average molecular weight is 344 g/mol. The first kappa shape index (κ1) is 15.1. The maximum Gasteiger partial charge on any atom is 0.217 e. The third kappa shape index (κ3) is 2.96. The molecule has 1 aliphatic heterocycles. The normalized spacial score (nSPS) is 19.6. The molecule has 4 rings (SSSR count). The summed E-state index contributed by atoms with van der Waals surface area (Å²) in [6.07, 6.45) is 4.46. The number of hydrogen-bond acceptors (Lipinski definition) is 6. The number of rotatable bonds is 4. The Bertz CT molecular complexity index is 933. The molecule has 124 valence electrons. The first-order chi connectivity index (χ1) is 11.6. The highest BCUT2D eigenvalue weighted by atomic mass is 32.2. The SMILES string of the molecule is O=S1(=O)CC[C@H](Cc2nc(-c3ccco3)nn2-c2ccccn2)C1. The topological polar surface area (TPSA) is 90.9 Å². The molecule has 0 spiro atoms. The smallest absolute Gasteiger partial charge is 0.217 e. The van der Waals surface area contributed by atoms with Crippen molar-refractivity contribution >= 4 is 9.84 Å². The van der Waals surface area contributed by atoms with Crippen LogP contribution in [0.15, 0.2) is 47.2 Å². The third-order valence-corrected chi connectivity index (χ3v) is 5.92. The number of furan rings is 1. The maximum absolute atomic E-state index is 11.7. The van der Waals surface area contributed by atoms with Gasteiger partial charge in [0.2, 0.25) is 5.82 Å². The number of aromatic nitrogens is 4. The van der Waals surface area contributed by atoms with E-state index in [2.05, 4.69) is 15.1 Å². The zero-order valence-corrected chi connectivity index (χ0v) is 13.7. The summed E-state index contributed by atoms with van der Waals surface area (Å²) in [6.45, 7) is 0. The highest BCUT2D eigenvalue weighted by Crippen LogP contribution is 2.25. The van der Waals surface area contributed by atoms with Crippen molar-refractivity contribution in [2.75, 3.05) is 11.5 Å². The Balaban J connectivity index is 1.71. The summed E-state index contributed by atoms with van der Waals surface area (Å²) in [5.41, 5.74) is 0. The van der Waals surface area contributed by atoms with E-state index in [0.717, 1.165) is 0 Å². The van der Waals surface area contributed by atoms with Crippen LogP contribution < -0.4 is 0 Å². The van der Waals surface area contributed by atoms with Crippen LogP contribution >= 0.6 is 0 Å². The number of nitrogens with zero attached hydrogens (tertiary/aromatic N) is 4. The van der Waals surface area contributed by atoms with Gasteiger partial charge in [-0.2, -0.15) is 4.68 Å². The van der Waals surface area contributed by atoms with E-state index in [1.54, 1.807) is 29.3 Å². The minimum absolute atomic E-state index is 0.0612. The van der Waals surface area contributed by atoms with Crippen molar-refractivity contribution in [1.82, 2.24) is 19.7 Å². The molecular formula is C16H16N4O3S. The Morgan fingerprint density at radius 1 is 1.25 bits per heavy atom. The molecule has 0 saturated carbocycles. The summed E-state index contributed by atoms with van der Waals surface area (Å²) < 4.78 is 30.5. The molecule has 7 nitrogen and oxygen atoms in total. The largest absolute Gasteiger partial charge is 0.461 e. The van der Waals surface area contributed by atoms with Crippen LogP contribution in [0.5, 0.6) is 0 Å². The summed E-state index contributed by atoms with van der Waals surface area (Å²) in [7, 11) is -2.92. The van der Waals surface area contributed by atoms with Crippen molar-refractivity contribution in [3.05, 3.63) is 48.6 Å². The average Bonchev–Trinajstić information content (AvgIpc) is 3.28. The molecule has 4 heterocycles. The van der Waals surface area contributed by atoms with E-state index < -0.39 is 9.84 Å². The van der Waals surface area contributed by atoms with Gasteiger partial charge < -0.3 is 4.42 Å². The second-order valence-electron chi connectivity index (χ2n) is 5.90. The zero-order valence-electron chi connectivity index (χ0n) is 12.9. The number of pyridine rings is 1. The van der Waals surface area contributed by atoms with Gasteiger partial charge in [-0.15, -0.1) is 5.10 Å². The first-order valence-corrected chi connectivity index (χ1v) is 9.54. The van der Waals surface area contributed by atoms with Gasteiger partial charge in [0.15, 0.2) is 21.4 Å². The molecule has 0 N–H and O–H groups in total. The fourth-order valence-electron chi connectivity index (χ4n) is 2.94. The van der Waals surface area contributed by atoms with Gasteiger partial charge >= 0.3 is 0 Å². The van der Waals surface area contributed by atoms with Crippen LogP contribution in [0.2, 0.25) is 0 Å². The Labute approximate surface area is 139 Å². The molecule has 0 aliphatic carbocycles. The standard InChI is InChI=1S/C16H16N4O3S/c21-24(22)9-6-12(11-24)10-15-18-16(13-4-3-8-23-13)19-20(15)14-5-1-2-7-17-14/h1-5,7-8,12H,6,9-11H2/t12-/m1/s1. The highest BCUT2D eigenvalue weighted by molar-refractivity contribution is 7.91. The maximum atomic E-state index is 11.7. The van der Waals surface area contributed by atoms with Gasteiger partial charge in [-0.25, -0.2) is 18.4 Å². The van der Waals surface area contributed by atoms with E-state index in [-0.39, 0.29) is 17.4 Å². The summed E-state index contributed by atoms with van der Waals surface area (Å²) in [5, 5.41) is 4.50. The Morgan fingerprint density at radius 3 is 2.83 bits per heavy atom. The minimum atomic E-state index is -2.92. The van der Waals surface area contributed by atoms with Gasteiger partial charge in [-0.05, 0) is 36.6 Å². The number of hydrogen-bond donors (Lipinski definition) is 0. The molecule has 1 aliphatic rings. The van der Waals surface area contributed by atoms with Gasteiger partial charge in [0.1, 0.15) is 5.82 Å². The summed E-state index contributed by atoms with van der Waals surface area (Å²) in [5.74, 6) is 2.91. The van der Waals surface area contributed by atoms with Crippen LogP contribution in [-0.4, -0.2) is 39.7 Å². The molecule has 1 saturated heterocycles. The minimum Gasteiger partial charge on any atom is -0.461 e. The molecule has 8 heteroatoms. The van der Waals surface area contributed by atoms with Crippen LogP contribution in [0.25, 0.3) is 17.4 Å². The molecule has 3 aromatic rings. The zero-order chi connectivity index (χ0) is 16.6. The van der Waals surface area contributed by atoms with Crippen molar-refractivity contribution in [2.45, 2.75) is 12.8 Å². The highest BCUT2D eigenvalue weighted by Gasteiger charge is 2.30. The van der Waals surface area contributed by atoms with Crippen molar-refractivity contribution in [3.63, 3.8) is 0 Å². The van der Waals surface area contributed by atoms with Gasteiger partial charge in [-0.3, -0.25) is 0 Å². The van der Waals surface area contributed by atoms with E-state index in [1.165, 1.54) is 0 Å². The van der Waals surface area contributed by atoms with E-state index >= 15 is 0 Å². The van der Waals surface area contributed by atoms with Crippen LogP contribution in [0.1, 0.15) is 12.2 Å². The fourth-order valence-corrected chi connectivity index (χ4v) is 4.80. The Kier molecular flexibility index (Phi) is 3.68. The lowest BCUT2D eigenvalue weighted by Crippen LogP contribution is -2.12. The summed E-state index contributed by atoms with van der Waals surface area (Å²) >= 11 is 0. The van der Waals surface area contributed by atoms with Crippen molar-refractivity contribution in [3.8, 4) is 17.4 Å². The monoisotopic (exact) mass is 344 g/mol. The molecule has 0 amide bonds. The Morgan fingerprint density at radius 2 is 2.17 bits per heavy atom. The van der Waals surface area contributed by atoms with Crippen LogP contribution in [-0.2, 0) is 16.3 Å². The second kappa shape index (κ2) is 5.86. The van der Waals surface area contributed by atoms with Crippen molar-refractivity contribution < 1.29 is 12.8 Å². The van der Waals surface area contributed by atoms with E-state index in [4.69, 9.17) is 4.42 Å². The quantitative estimate of drug-likeness (QED) is 0.718. The molecule has 0 radical (unpaired) electrons. The fraction of sp³-hybridized carbons (Fsp3) is 0.312. The molecule has 0 unspecified atom stereocenters. The van der Waals surface area contributed by atoms with Crippen molar-refractivity contribution in [1.29, 1.82) is 0 Å². The first-order valence-electron chi connectivity index (χ1n) is 7.72. The number of sulfone groups is 1. The summed E-state index contributed by atoms with van der Waals surface area (Å²) in [6, 6.07) is 9.12. The lowest BCUT2D eigenvalue weighted by Gasteiger charge is -2.08. The molecule has 1 atom stereocenters.